The number of hydrogen-bond donors (Lipinski definition) is 1. The van der Waals surface area contributed by atoms with E-state index in [2.05, 4.69) is 20.8 Å². The van der Waals surface area contributed by atoms with Crippen molar-refractivity contribution in [2.45, 2.75) is 175 Å². The molecule has 0 aliphatic rings. The molecule has 0 saturated heterocycles. The Labute approximate surface area is 202 Å². The third kappa shape index (κ3) is 21.3. The summed E-state index contributed by atoms with van der Waals surface area (Å²) in [4.78, 5) is 11.4. The van der Waals surface area contributed by atoms with Crippen molar-refractivity contribution in [3.8, 4) is 0 Å². The fourth-order valence-corrected chi connectivity index (χ4v) is 4.95. The van der Waals surface area contributed by atoms with E-state index in [-0.39, 0.29) is 0 Å². The highest BCUT2D eigenvalue weighted by molar-refractivity contribution is 5.67. The summed E-state index contributed by atoms with van der Waals surface area (Å²) < 4.78 is 0. The van der Waals surface area contributed by atoms with E-state index in [0.717, 1.165) is 25.7 Å². The van der Waals surface area contributed by atoms with Crippen LogP contribution in [0.3, 0.4) is 0 Å². The second-order valence-corrected chi connectivity index (χ2v) is 10.3. The molecule has 0 aliphatic carbocycles. The maximum Gasteiger partial charge on any atom is 0.303 e. The minimum Gasteiger partial charge on any atom is -0.481 e. The number of carbonyl (C=O) groups is 1. The highest BCUT2D eigenvalue weighted by Gasteiger charge is 2.23. The SMILES string of the molecule is CCCCCCCCCCCCCCCCCC[C](CCCC)C(CCCC)CC(=O)O. The van der Waals surface area contributed by atoms with Crippen LogP contribution in [0.1, 0.15) is 175 Å². The van der Waals surface area contributed by atoms with Gasteiger partial charge in [-0.15, -0.1) is 0 Å². The van der Waals surface area contributed by atoms with Gasteiger partial charge in [-0.25, -0.2) is 0 Å². The van der Waals surface area contributed by atoms with Crippen molar-refractivity contribution in [3.05, 3.63) is 5.92 Å². The zero-order valence-electron chi connectivity index (χ0n) is 22.4. The Bertz CT molecular complexity index is 379. The average molecular weight is 452 g/mol. The maximum absolute atomic E-state index is 11.4. The van der Waals surface area contributed by atoms with Crippen LogP contribution in [0, 0.1) is 11.8 Å². The van der Waals surface area contributed by atoms with Gasteiger partial charge >= 0.3 is 5.97 Å². The third-order valence-electron chi connectivity index (χ3n) is 7.11. The van der Waals surface area contributed by atoms with Gasteiger partial charge in [-0.1, -0.05) is 149 Å². The summed E-state index contributed by atoms with van der Waals surface area (Å²) in [5.74, 6) is 1.26. The van der Waals surface area contributed by atoms with Crippen LogP contribution in [-0.4, -0.2) is 11.1 Å². The van der Waals surface area contributed by atoms with Gasteiger partial charge in [0, 0.05) is 6.42 Å². The number of unbranched alkanes of at least 4 members (excludes halogenated alkanes) is 17. The molecule has 1 atom stereocenters. The fourth-order valence-electron chi connectivity index (χ4n) is 4.95. The van der Waals surface area contributed by atoms with Crippen molar-refractivity contribution in [1.29, 1.82) is 0 Å². The molecule has 0 aromatic rings. The van der Waals surface area contributed by atoms with E-state index in [4.69, 9.17) is 0 Å². The molecule has 0 fully saturated rings. The molecule has 1 radical (unpaired) electrons. The molecule has 0 rings (SSSR count). The summed E-state index contributed by atoms with van der Waals surface area (Å²) in [6.45, 7) is 6.74. The van der Waals surface area contributed by atoms with E-state index in [1.165, 1.54) is 122 Å². The lowest BCUT2D eigenvalue weighted by atomic mass is 9.79. The van der Waals surface area contributed by atoms with Gasteiger partial charge in [0.1, 0.15) is 0 Å². The van der Waals surface area contributed by atoms with E-state index in [1.54, 1.807) is 5.92 Å². The topological polar surface area (TPSA) is 37.3 Å². The molecule has 0 heterocycles. The van der Waals surface area contributed by atoms with Crippen molar-refractivity contribution in [3.63, 3.8) is 0 Å². The monoisotopic (exact) mass is 451 g/mol. The van der Waals surface area contributed by atoms with Gasteiger partial charge in [0.05, 0.1) is 0 Å². The van der Waals surface area contributed by atoms with Gasteiger partial charge in [0.25, 0.3) is 0 Å². The highest BCUT2D eigenvalue weighted by atomic mass is 16.4. The molecule has 2 nitrogen and oxygen atoms in total. The summed E-state index contributed by atoms with van der Waals surface area (Å²) in [7, 11) is 0. The second-order valence-electron chi connectivity index (χ2n) is 10.3. The largest absolute Gasteiger partial charge is 0.481 e. The van der Waals surface area contributed by atoms with E-state index in [1.807, 2.05) is 0 Å². The zero-order chi connectivity index (χ0) is 23.7. The minimum atomic E-state index is -0.618. The van der Waals surface area contributed by atoms with Gasteiger partial charge in [0.2, 0.25) is 0 Å². The van der Waals surface area contributed by atoms with E-state index < -0.39 is 5.97 Å². The highest BCUT2D eigenvalue weighted by Crippen LogP contribution is 2.33. The van der Waals surface area contributed by atoms with E-state index in [9.17, 15) is 9.90 Å². The number of aliphatic carboxylic acids is 1. The number of carboxylic acid groups (broad SMARTS) is 1. The van der Waals surface area contributed by atoms with Crippen LogP contribution in [0.5, 0.6) is 0 Å². The molecule has 0 aliphatic heterocycles. The molecule has 0 bridgehead atoms. The molecule has 0 amide bonds. The van der Waals surface area contributed by atoms with E-state index >= 15 is 0 Å². The lowest BCUT2D eigenvalue weighted by Crippen LogP contribution is -2.17. The standard InChI is InChI=1S/C30H59O2/c1-4-7-10-11-12-13-14-15-16-17-18-19-20-21-22-23-26-28(24-8-5-2)29(25-9-6-3)27-30(31)32/h29H,4-27H2,1-3H3,(H,31,32). The van der Waals surface area contributed by atoms with Crippen LogP contribution in [-0.2, 0) is 4.79 Å². The molecule has 0 aromatic heterocycles. The Morgan fingerprint density at radius 1 is 0.531 bits per heavy atom. The smallest absolute Gasteiger partial charge is 0.303 e. The lowest BCUT2D eigenvalue weighted by Gasteiger charge is -2.26. The van der Waals surface area contributed by atoms with Crippen molar-refractivity contribution in [1.82, 2.24) is 0 Å². The summed E-state index contributed by atoms with van der Waals surface area (Å²) in [6.07, 6.45) is 31.0. The molecule has 0 spiro atoms. The first-order chi connectivity index (χ1) is 15.7. The Kier molecular flexibility index (Phi) is 24.7. The van der Waals surface area contributed by atoms with Crippen LogP contribution < -0.4 is 0 Å². The summed E-state index contributed by atoms with van der Waals surface area (Å²) in [5, 5.41) is 9.36. The second kappa shape index (κ2) is 25.1. The van der Waals surface area contributed by atoms with Gasteiger partial charge in [0.15, 0.2) is 0 Å². The molecular formula is C30H59O2. The Morgan fingerprint density at radius 2 is 0.906 bits per heavy atom. The lowest BCUT2D eigenvalue weighted by molar-refractivity contribution is -0.138. The van der Waals surface area contributed by atoms with Crippen LogP contribution in [0.25, 0.3) is 0 Å². The summed E-state index contributed by atoms with van der Waals surface area (Å²) >= 11 is 0. The minimum absolute atomic E-state index is 0.315. The number of hydrogen-bond acceptors (Lipinski definition) is 1. The Morgan fingerprint density at radius 3 is 1.31 bits per heavy atom. The first-order valence-electron chi connectivity index (χ1n) is 14.7. The Balaban J connectivity index is 3.74. The normalized spacial score (nSPS) is 12.5. The molecular weight excluding hydrogens is 392 g/mol. The van der Waals surface area contributed by atoms with Gasteiger partial charge in [-0.3, -0.25) is 4.79 Å². The molecule has 191 valence electrons. The molecule has 0 saturated carbocycles. The molecule has 2 heteroatoms. The molecule has 1 N–H and O–H groups in total. The van der Waals surface area contributed by atoms with Crippen LogP contribution in [0.15, 0.2) is 0 Å². The fraction of sp³-hybridized carbons (Fsp3) is 0.933. The predicted octanol–water partition coefficient (Wildman–Crippen LogP) is 10.7. The summed E-state index contributed by atoms with van der Waals surface area (Å²) in [6, 6.07) is 0. The molecule has 0 aromatic carbocycles. The van der Waals surface area contributed by atoms with Crippen LogP contribution >= 0.6 is 0 Å². The predicted molar refractivity (Wildman–Crippen MR) is 142 cm³/mol. The number of carboxylic acids is 1. The first kappa shape index (κ1) is 31.5. The summed E-state index contributed by atoms with van der Waals surface area (Å²) in [5.41, 5.74) is 0. The van der Waals surface area contributed by atoms with Gasteiger partial charge < -0.3 is 5.11 Å². The van der Waals surface area contributed by atoms with Crippen molar-refractivity contribution < 1.29 is 9.90 Å². The van der Waals surface area contributed by atoms with Gasteiger partial charge in [-0.05, 0) is 31.1 Å². The number of rotatable bonds is 26. The Hall–Kier alpha value is -0.530. The van der Waals surface area contributed by atoms with Gasteiger partial charge in [-0.2, -0.15) is 0 Å². The van der Waals surface area contributed by atoms with Crippen molar-refractivity contribution in [2.75, 3.05) is 0 Å². The van der Waals surface area contributed by atoms with Crippen molar-refractivity contribution >= 4 is 5.97 Å². The molecule has 32 heavy (non-hydrogen) atoms. The quantitative estimate of drug-likeness (QED) is 0.133. The first-order valence-corrected chi connectivity index (χ1v) is 14.7. The van der Waals surface area contributed by atoms with E-state index in [0.29, 0.717) is 12.3 Å². The third-order valence-corrected chi connectivity index (χ3v) is 7.11. The van der Waals surface area contributed by atoms with Crippen LogP contribution in [0.4, 0.5) is 0 Å². The average Bonchev–Trinajstić information content (AvgIpc) is 2.78. The van der Waals surface area contributed by atoms with Crippen LogP contribution in [0.2, 0.25) is 0 Å². The van der Waals surface area contributed by atoms with Crippen molar-refractivity contribution in [2.24, 2.45) is 5.92 Å². The zero-order valence-corrected chi connectivity index (χ0v) is 22.4. The molecule has 1 unspecified atom stereocenters. The maximum atomic E-state index is 11.4.